The van der Waals surface area contributed by atoms with Crippen molar-refractivity contribution in [2.75, 3.05) is 0 Å². The average Bonchev–Trinajstić information content (AvgIpc) is 2.99. The first-order valence-electron chi connectivity index (χ1n) is 6.98. The fourth-order valence-electron chi connectivity index (χ4n) is 2.01. The Hall–Kier alpha value is -2.60. The van der Waals surface area contributed by atoms with Crippen molar-refractivity contribution < 1.29 is 14.4 Å². The quantitative estimate of drug-likeness (QED) is 0.779. The fraction of sp³-hybridized carbons (Fsp3) is 0.188. The third-order valence-corrected chi connectivity index (χ3v) is 3.30. The number of halogens is 1. The normalized spacial score (nSPS) is 11.0. The van der Waals surface area contributed by atoms with Gasteiger partial charge in [-0.05, 0) is 38.1 Å². The number of nitrogens with zero attached hydrogens (tertiary/aromatic N) is 3. The SMILES string of the molecule is CC(C)Oc1ccc(-c2noc(-c3ccncc3O)n2)cc1Cl. The monoisotopic (exact) mass is 331 g/mol. The van der Waals surface area contributed by atoms with Crippen LogP contribution in [0.3, 0.4) is 0 Å². The van der Waals surface area contributed by atoms with Crippen molar-refractivity contribution in [2.24, 2.45) is 0 Å². The molecule has 23 heavy (non-hydrogen) atoms. The topological polar surface area (TPSA) is 81.3 Å². The van der Waals surface area contributed by atoms with Crippen LogP contribution >= 0.6 is 11.6 Å². The predicted octanol–water partition coefficient (Wildman–Crippen LogP) is 3.94. The van der Waals surface area contributed by atoms with Crippen LogP contribution in [-0.4, -0.2) is 26.3 Å². The zero-order valence-electron chi connectivity index (χ0n) is 12.5. The molecule has 3 rings (SSSR count). The van der Waals surface area contributed by atoms with Crippen molar-refractivity contribution in [2.45, 2.75) is 20.0 Å². The first-order chi connectivity index (χ1) is 11.0. The van der Waals surface area contributed by atoms with Gasteiger partial charge in [-0.2, -0.15) is 4.98 Å². The third kappa shape index (κ3) is 3.27. The van der Waals surface area contributed by atoms with Crippen LogP contribution < -0.4 is 4.74 Å². The number of ether oxygens (including phenoxy) is 1. The molecule has 0 spiro atoms. The van der Waals surface area contributed by atoms with Crippen molar-refractivity contribution in [1.82, 2.24) is 15.1 Å². The summed E-state index contributed by atoms with van der Waals surface area (Å²) in [6.45, 7) is 3.85. The van der Waals surface area contributed by atoms with E-state index in [0.29, 0.717) is 27.7 Å². The Morgan fingerprint density at radius 3 is 2.78 bits per heavy atom. The summed E-state index contributed by atoms with van der Waals surface area (Å²) in [6, 6.07) is 6.86. The molecular formula is C16H14ClN3O3. The Kier molecular flexibility index (Phi) is 4.16. The van der Waals surface area contributed by atoms with Gasteiger partial charge in [-0.15, -0.1) is 0 Å². The smallest absolute Gasteiger partial charge is 0.262 e. The molecule has 1 N–H and O–H groups in total. The Bertz CT molecular complexity index is 833. The summed E-state index contributed by atoms with van der Waals surface area (Å²) in [7, 11) is 0. The summed E-state index contributed by atoms with van der Waals surface area (Å²) in [6.07, 6.45) is 2.88. The third-order valence-electron chi connectivity index (χ3n) is 3.01. The van der Waals surface area contributed by atoms with Crippen LogP contribution in [0.5, 0.6) is 11.5 Å². The van der Waals surface area contributed by atoms with Gasteiger partial charge in [-0.25, -0.2) is 0 Å². The van der Waals surface area contributed by atoms with Crippen molar-refractivity contribution in [3.05, 3.63) is 41.7 Å². The number of rotatable bonds is 4. The molecule has 118 valence electrons. The molecule has 0 saturated carbocycles. The lowest BCUT2D eigenvalue weighted by atomic mass is 10.2. The minimum atomic E-state index is -0.0265. The number of aromatic nitrogens is 3. The van der Waals surface area contributed by atoms with Crippen LogP contribution in [-0.2, 0) is 0 Å². The molecule has 0 saturated heterocycles. The molecule has 0 atom stereocenters. The highest BCUT2D eigenvalue weighted by Gasteiger charge is 2.15. The van der Waals surface area contributed by atoms with E-state index in [0.717, 1.165) is 0 Å². The Labute approximate surface area is 137 Å². The van der Waals surface area contributed by atoms with Crippen molar-refractivity contribution in [3.63, 3.8) is 0 Å². The number of hydrogen-bond donors (Lipinski definition) is 1. The standard InChI is InChI=1S/C16H14ClN3O3/c1-9(2)22-14-4-3-10(7-12(14)17)15-19-16(23-20-15)11-5-6-18-8-13(11)21/h3-9,21H,1-2H3. The van der Waals surface area contributed by atoms with E-state index in [-0.39, 0.29) is 17.7 Å². The van der Waals surface area contributed by atoms with Crippen molar-refractivity contribution in [3.8, 4) is 34.3 Å². The molecular weight excluding hydrogens is 318 g/mol. The Morgan fingerprint density at radius 1 is 1.26 bits per heavy atom. The molecule has 2 heterocycles. The van der Waals surface area contributed by atoms with Gasteiger partial charge in [0.2, 0.25) is 5.82 Å². The van der Waals surface area contributed by atoms with E-state index < -0.39 is 0 Å². The number of hydrogen-bond acceptors (Lipinski definition) is 6. The van der Waals surface area contributed by atoms with E-state index in [1.807, 2.05) is 13.8 Å². The summed E-state index contributed by atoms with van der Waals surface area (Å²) in [5.41, 5.74) is 1.11. The van der Waals surface area contributed by atoms with Crippen LogP contribution in [0.25, 0.3) is 22.8 Å². The van der Waals surface area contributed by atoms with E-state index in [1.54, 1.807) is 24.3 Å². The lowest BCUT2D eigenvalue weighted by Gasteiger charge is -2.11. The van der Waals surface area contributed by atoms with Gasteiger partial charge in [0.25, 0.3) is 5.89 Å². The second kappa shape index (κ2) is 6.26. The van der Waals surface area contributed by atoms with Crippen LogP contribution in [0, 0.1) is 0 Å². The fourth-order valence-corrected chi connectivity index (χ4v) is 2.23. The van der Waals surface area contributed by atoms with E-state index >= 15 is 0 Å². The van der Waals surface area contributed by atoms with Gasteiger partial charge in [0.05, 0.1) is 22.9 Å². The maximum absolute atomic E-state index is 9.78. The van der Waals surface area contributed by atoms with Gasteiger partial charge in [-0.1, -0.05) is 16.8 Å². The molecule has 0 aliphatic carbocycles. The molecule has 0 fully saturated rings. The molecule has 1 aromatic carbocycles. The summed E-state index contributed by atoms with van der Waals surface area (Å²) in [5, 5.41) is 14.2. The van der Waals surface area contributed by atoms with E-state index in [1.165, 1.54) is 12.4 Å². The van der Waals surface area contributed by atoms with Gasteiger partial charge >= 0.3 is 0 Å². The molecule has 2 aromatic heterocycles. The minimum Gasteiger partial charge on any atom is -0.505 e. The van der Waals surface area contributed by atoms with Crippen LogP contribution in [0.15, 0.2) is 41.2 Å². The van der Waals surface area contributed by atoms with Crippen molar-refractivity contribution in [1.29, 1.82) is 0 Å². The molecule has 0 radical (unpaired) electrons. The summed E-state index contributed by atoms with van der Waals surface area (Å²) in [5.74, 6) is 1.15. The molecule has 7 heteroatoms. The molecule has 0 bridgehead atoms. The van der Waals surface area contributed by atoms with Gasteiger partial charge in [0, 0.05) is 11.8 Å². The van der Waals surface area contributed by atoms with Gasteiger partial charge in [0.1, 0.15) is 11.5 Å². The number of benzene rings is 1. The van der Waals surface area contributed by atoms with Crippen LogP contribution in [0.2, 0.25) is 5.02 Å². The predicted molar refractivity (Wildman–Crippen MR) is 85.4 cm³/mol. The van der Waals surface area contributed by atoms with Gasteiger partial charge < -0.3 is 14.4 Å². The Morgan fingerprint density at radius 2 is 2.09 bits per heavy atom. The first kappa shape index (κ1) is 15.3. The van der Waals surface area contributed by atoms with Crippen molar-refractivity contribution >= 4 is 11.6 Å². The first-order valence-corrected chi connectivity index (χ1v) is 7.36. The highest BCUT2D eigenvalue weighted by molar-refractivity contribution is 6.32. The highest BCUT2D eigenvalue weighted by Crippen LogP contribution is 2.32. The second-order valence-corrected chi connectivity index (χ2v) is 5.53. The van der Waals surface area contributed by atoms with Crippen LogP contribution in [0.1, 0.15) is 13.8 Å². The second-order valence-electron chi connectivity index (χ2n) is 5.13. The molecule has 3 aromatic rings. The summed E-state index contributed by atoms with van der Waals surface area (Å²) >= 11 is 6.21. The maximum Gasteiger partial charge on any atom is 0.262 e. The van der Waals surface area contributed by atoms with E-state index in [2.05, 4.69) is 15.1 Å². The van der Waals surface area contributed by atoms with E-state index in [9.17, 15) is 5.11 Å². The Balaban J connectivity index is 1.92. The molecule has 0 aliphatic heterocycles. The number of pyridine rings is 1. The van der Waals surface area contributed by atoms with E-state index in [4.69, 9.17) is 20.9 Å². The maximum atomic E-state index is 9.78. The van der Waals surface area contributed by atoms with Gasteiger partial charge in [-0.3, -0.25) is 4.98 Å². The largest absolute Gasteiger partial charge is 0.505 e. The zero-order chi connectivity index (χ0) is 16.4. The van der Waals surface area contributed by atoms with Gasteiger partial charge in [0.15, 0.2) is 0 Å². The summed E-state index contributed by atoms with van der Waals surface area (Å²) in [4.78, 5) is 8.09. The molecule has 0 amide bonds. The average molecular weight is 332 g/mol. The zero-order valence-corrected chi connectivity index (χ0v) is 13.3. The molecule has 6 nitrogen and oxygen atoms in total. The molecule has 0 unspecified atom stereocenters. The number of aromatic hydroxyl groups is 1. The highest BCUT2D eigenvalue weighted by atomic mass is 35.5. The minimum absolute atomic E-state index is 0.0265. The lowest BCUT2D eigenvalue weighted by Crippen LogP contribution is -2.05. The van der Waals surface area contributed by atoms with Crippen LogP contribution in [0.4, 0.5) is 0 Å². The molecule has 0 aliphatic rings. The lowest BCUT2D eigenvalue weighted by molar-refractivity contribution is 0.242. The summed E-state index contributed by atoms with van der Waals surface area (Å²) < 4.78 is 10.8.